The summed E-state index contributed by atoms with van der Waals surface area (Å²) in [7, 11) is 0. The molecular weight excluding hydrogens is 320 g/mol. The van der Waals surface area contributed by atoms with Crippen LogP contribution in [0.4, 0.5) is 5.69 Å². The summed E-state index contributed by atoms with van der Waals surface area (Å²) in [6.07, 6.45) is 0.143. The average molecular weight is 340 g/mol. The molecule has 0 saturated heterocycles. The third kappa shape index (κ3) is 5.46. The molecule has 0 spiro atoms. The number of hydrogen-bond donors (Lipinski definition) is 2. The molecule has 0 fully saturated rings. The van der Waals surface area contributed by atoms with Gasteiger partial charge in [-0.1, -0.05) is 35.9 Å². The van der Waals surface area contributed by atoms with Gasteiger partial charge in [0, 0.05) is 18.4 Å². The summed E-state index contributed by atoms with van der Waals surface area (Å²) in [4.78, 5) is 35.4. The van der Waals surface area contributed by atoms with Crippen LogP contribution in [0.5, 0.6) is 0 Å². The van der Waals surface area contributed by atoms with E-state index in [9.17, 15) is 14.4 Å². The largest absolute Gasteiger partial charge is 0.481 e. The number of amides is 2. The lowest BCUT2D eigenvalue weighted by Gasteiger charge is -2.23. The summed E-state index contributed by atoms with van der Waals surface area (Å²) in [6.45, 7) is 1.92. The molecule has 25 heavy (non-hydrogen) atoms. The van der Waals surface area contributed by atoms with E-state index in [1.54, 1.807) is 36.4 Å². The highest BCUT2D eigenvalue weighted by Crippen LogP contribution is 2.15. The van der Waals surface area contributed by atoms with Crippen LogP contribution in [-0.4, -0.2) is 22.9 Å². The zero-order valence-corrected chi connectivity index (χ0v) is 13.9. The Bertz CT molecular complexity index is 742. The smallest absolute Gasteiger partial charge is 0.303 e. The van der Waals surface area contributed by atoms with Crippen molar-refractivity contribution in [3.8, 4) is 0 Å². The van der Waals surface area contributed by atoms with Crippen molar-refractivity contribution in [3.63, 3.8) is 0 Å². The summed E-state index contributed by atoms with van der Waals surface area (Å²) < 4.78 is 0. The minimum absolute atomic E-state index is 0.0246. The van der Waals surface area contributed by atoms with Crippen molar-refractivity contribution in [3.05, 3.63) is 65.7 Å². The molecule has 0 atom stereocenters. The number of benzene rings is 2. The van der Waals surface area contributed by atoms with Crippen LogP contribution in [0.2, 0.25) is 0 Å². The van der Waals surface area contributed by atoms with Gasteiger partial charge in [-0.3, -0.25) is 19.8 Å². The Morgan fingerprint density at radius 3 is 2.20 bits per heavy atom. The Kier molecular flexibility index (Phi) is 6.28. The molecule has 2 aromatic rings. The Hall–Kier alpha value is -3.15. The second kappa shape index (κ2) is 8.63. The summed E-state index contributed by atoms with van der Waals surface area (Å²) in [5, 5.41) is 9.84. The summed E-state index contributed by atoms with van der Waals surface area (Å²) >= 11 is 0. The van der Waals surface area contributed by atoms with Gasteiger partial charge in [-0.15, -0.1) is 0 Å². The molecule has 0 aromatic heterocycles. The van der Waals surface area contributed by atoms with E-state index in [-0.39, 0.29) is 25.2 Å². The molecule has 0 aliphatic carbocycles. The van der Waals surface area contributed by atoms with Gasteiger partial charge in [0.2, 0.25) is 5.91 Å². The molecule has 0 aliphatic heterocycles. The number of hydrogen-bond acceptors (Lipinski definition) is 3. The van der Waals surface area contributed by atoms with E-state index >= 15 is 0 Å². The minimum Gasteiger partial charge on any atom is -0.481 e. The summed E-state index contributed by atoms with van der Waals surface area (Å²) in [6, 6.07) is 15.8. The maximum atomic E-state index is 12.8. The Morgan fingerprint density at radius 1 is 0.960 bits per heavy atom. The highest BCUT2D eigenvalue weighted by atomic mass is 16.4. The molecule has 0 heterocycles. The summed E-state index contributed by atoms with van der Waals surface area (Å²) in [5.41, 5.74) is 4.57. The molecule has 0 unspecified atom stereocenters. The first-order chi connectivity index (χ1) is 12.0. The van der Waals surface area contributed by atoms with Crippen molar-refractivity contribution in [1.82, 2.24) is 5.43 Å². The fourth-order valence-electron chi connectivity index (χ4n) is 2.22. The third-order valence-corrected chi connectivity index (χ3v) is 3.55. The lowest BCUT2D eigenvalue weighted by molar-refractivity contribution is -0.137. The second-order valence-electron chi connectivity index (χ2n) is 5.62. The standard InChI is InChI=1S/C19H20N2O4/c1-14-10-12-15(13-11-14)19(25)21(16-6-3-2-4-7-16)20-17(22)8-5-9-18(23)24/h2-4,6-7,10-13H,5,8-9H2,1H3,(H,20,22)(H,23,24). The van der Waals surface area contributed by atoms with Crippen molar-refractivity contribution >= 4 is 23.5 Å². The van der Waals surface area contributed by atoms with Crippen LogP contribution < -0.4 is 10.4 Å². The van der Waals surface area contributed by atoms with Gasteiger partial charge in [0.15, 0.2) is 0 Å². The highest BCUT2D eigenvalue weighted by Gasteiger charge is 2.20. The van der Waals surface area contributed by atoms with E-state index < -0.39 is 11.9 Å². The SMILES string of the molecule is Cc1ccc(C(=O)N(NC(=O)CCCC(=O)O)c2ccccc2)cc1. The van der Waals surface area contributed by atoms with E-state index in [0.29, 0.717) is 11.3 Å². The normalized spacial score (nSPS) is 10.1. The number of carbonyl (C=O) groups excluding carboxylic acids is 2. The topological polar surface area (TPSA) is 86.7 Å². The van der Waals surface area contributed by atoms with Crippen molar-refractivity contribution in [2.24, 2.45) is 0 Å². The highest BCUT2D eigenvalue weighted by molar-refractivity contribution is 6.07. The van der Waals surface area contributed by atoms with E-state index in [0.717, 1.165) is 5.56 Å². The van der Waals surface area contributed by atoms with Gasteiger partial charge in [0.05, 0.1) is 5.69 Å². The lowest BCUT2D eigenvalue weighted by atomic mass is 10.1. The Balaban J connectivity index is 2.16. The van der Waals surface area contributed by atoms with Gasteiger partial charge in [0.1, 0.15) is 0 Å². The lowest BCUT2D eigenvalue weighted by Crippen LogP contribution is -2.46. The first kappa shape index (κ1) is 18.2. The van der Waals surface area contributed by atoms with Crippen molar-refractivity contribution in [2.75, 3.05) is 5.01 Å². The molecule has 2 aromatic carbocycles. The number of para-hydroxylation sites is 1. The van der Waals surface area contributed by atoms with Crippen LogP contribution in [-0.2, 0) is 9.59 Å². The number of anilines is 1. The summed E-state index contributed by atoms with van der Waals surface area (Å²) in [5.74, 6) is -1.73. The van der Waals surface area contributed by atoms with Crippen LogP contribution in [0.1, 0.15) is 35.2 Å². The van der Waals surface area contributed by atoms with Crippen LogP contribution >= 0.6 is 0 Å². The number of carboxylic acid groups (broad SMARTS) is 1. The van der Waals surface area contributed by atoms with E-state index in [2.05, 4.69) is 5.43 Å². The van der Waals surface area contributed by atoms with Gasteiger partial charge in [-0.25, -0.2) is 5.01 Å². The van der Waals surface area contributed by atoms with Crippen LogP contribution in [0, 0.1) is 6.92 Å². The Labute approximate surface area is 146 Å². The van der Waals surface area contributed by atoms with Crippen LogP contribution in [0.3, 0.4) is 0 Å². The zero-order chi connectivity index (χ0) is 18.2. The van der Waals surface area contributed by atoms with Crippen LogP contribution in [0.15, 0.2) is 54.6 Å². The molecular formula is C19H20N2O4. The molecule has 0 bridgehead atoms. The molecule has 2 N–H and O–H groups in total. The fraction of sp³-hybridized carbons (Fsp3) is 0.211. The maximum Gasteiger partial charge on any atom is 0.303 e. The van der Waals surface area contributed by atoms with Gasteiger partial charge >= 0.3 is 5.97 Å². The number of nitrogens with one attached hydrogen (secondary N) is 1. The zero-order valence-electron chi connectivity index (χ0n) is 13.9. The van der Waals surface area contributed by atoms with Gasteiger partial charge in [-0.2, -0.15) is 0 Å². The number of carbonyl (C=O) groups is 3. The van der Waals surface area contributed by atoms with Gasteiger partial charge in [-0.05, 0) is 37.6 Å². The molecule has 6 heteroatoms. The quantitative estimate of drug-likeness (QED) is 0.792. The number of hydrazine groups is 1. The van der Waals surface area contributed by atoms with Crippen molar-refractivity contribution in [2.45, 2.75) is 26.2 Å². The predicted octanol–water partition coefficient (Wildman–Crippen LogP) is 2.93. The minimum atomic E-state index is -0.955. The monoisotopic (exact) mass is 340 g/mol. The number of aryl methyl sites for hydroxylation is 1. The molecule has 0 saturated carbocycles. The second-order valence-corrected chi connectivity index (χ2v) is 5.62. The van der Waals surface area contributed by atoms with Gasteiger partial charge in [0.25, 0.3) is 5.91 Å². The molecule has 6 nitrogen and oxygen atoms in total. The first-order valence-electron chi connectivity index (χ1n) is 7.95. The number of rotatable bonds is 6. The van der Waals surface area contributed by atoms with Crippen LogP contribution in [0.25, 0.3) is 0 Å². The molecule has 2 rings (SSSR count). The Morgan fingerprint density at radius 2 is 1.60 bits per heavy atom. The molecule has 0 radical (unpaired) electrons. The third-order valence-electron chi connectivity index (χ3n) is 3.55. The molecule has 2 amide bonds. The van der Waals surface area contributed by atoms with Gasteiger partial charge < -0.3 is 5.11 Å². The average Bonchev–Trinajstić information content (AvgIpc) is 2.60. The van der Waals surface area contributed by atoms with E-state index in [1.807, 2.05) is 25.1 Å². The maximum absolute atomic E-state index is 12.8. The fourth-order valence-corrected chi connectivity index (χ4v) is 2.22. The predicted molar refractivity (Wildman–Crippen MR) is 94.1 cm³/mol. The first-order valence-corrected chi connectivity index (χ1v) is 7.95. The number of aliphatic carboxylic acids is 1. The molecule has 130 valence electrons. The number of carboxylic acids is 1. The van der Waals surface area contributed by atoms with E-state index in [4.69, 9.17) is 5.11 Å². The number of nitrogens with zero attached hydrogens (tertiary/aromatic N) is 1. The molecule has 0 aliphatic rings. The van der Waals surface area contributed by atoms with Crippen molar-refractivity contribution in [1.29, 1.82) is 0 Å². The van der Waals surface area contributed by atoms with Crippen molar-refractivity contribution < 1.29 is 19.5 Å². The van der Waals surface area contributed by atoms with E-state index in [1.165, 1.54) is 5.01 Å².